The molecule has 0 aliphatic carbocycles. The Labute approximate surface area is 187 Å². The summed E-state index contributed by atoms with van der Waals surface area (Å²) in [5.74, 6) is 0.213. The minimum atomic E-state index is -0.429. The predicted molar refractivity (Wildman–Crippen MR) is 123 cm³/mol. The highest BCUT2D eigenvalue weighted by Crippen LogP contribution is 2.37. The van der Waals surface area contributed by atoms with Crippen LogP contribution in [-0.4, -0.2) is 24.6 Å². The van der Waals surface area contributed by atoms with Crippen LogP contribution < -0.4 is 5.69 Å². The molecule has 3 heterocycles. The highest BCUT2D eigenvalue weighted by Gasteiger charge is 2.25. The Kier molecular flexibility index (Phi) is 4.60. The van der Waals surface area contributed by atoms with Crippen LogP contribution in [0.15, 0.2) is 59.4 Å². The number of halogens is 2. The maximum absolute atomic E-state index is 13.6. The molecule has 0 aliphatic heterocycles. The Hall–Kier alpha value is -3.58. The van der Waals surface area contributed by atoms with Crippen LogP contribution in [0, 0.1) is 5.82 Å². The minimum Gasteiger partial charge on any atom is -0.246 e. The van der Waals surface area contributed by atoms with Crippen LogP contribution in [-0.2, 0) is 5.41 Å². The van der Waals surface area contributed by atoms with Crippen molar-refractivity contribution in [3.63, 3.8) is 0 Å². The third-order valence-corrected chi connectivity index (χ3v) is 5.62. The monoisotopic (exact) mass is 447 g/mol. The van der Waals surface area contributed by atoms with E-state index in [9.17, 15) is 9.18 Å². The largest absolute Gasteiger partial charge is 0.349 e. The summed E-state index contributed by atoms with van der Waals surface area (Å²) in [5, 5.41) is 7.91. The van der Waals surface area contributed by atoms with Crippen LogP contribution in [0.5, 0.6) is 0 Å². The molecular weight excluding hydrogens is 429 g/mol. The number of aromatic amines is 1. The molecule has 5 rings (SSSR count). The van der Waals surface area contributed by atoms with Gasteiger partial charge in [-0.1, -0.05) is 62.7 Å². The summed E-state index contributed by atoms with van der Waals surface area (Å²) in [6.45, 7) is 5.92. The summed E-state index contributed by atoms with van der Waals surface area (Å²) in [7, 11) is 0. The number of fused-ring (bicyclic) bond motifs is 3. The maximum Gasteiger partial charge on any atom is 0.349 e. The number of aromatic nitrogens is 5. The van der Waals surface area contributed by atoms with Crippen molar-refractivity contribution in [3.05, 3.63) is 81.7 Å². The van der Waals surface area contributed by atoms with E-state index in [0.29, 0.717) is 33.2 Å². The molecule has 0 unspecified atom stereocenters. The average Bonchev–Trinajstić information content (AvgIpc) is 3.14. The molecule has 0 saturated heterocycles. The molecule has 32 heavy (non-hydrogen) atoms. The highest BCUT2D eigenvalue weighted by molar-refractivity contribution is 6.33. The van der Waals surface area contributed by atoms with Crippen LogP contribution in [0.4, 0.5) is 4.39 Å². The van der Waals surface area contributed by atoms with E-state index in [0.717, 1.165) is 16.7 Å². The van der Waals surface area contributed by atoms with Crippen molar-refractivity contribution in [2.75, 3.05) is 0 Å². The molecule has 0 atom stereocenters. The van der Waals surface area contributed by atoms with E-state index in [2.05, 4.69) is 10.2 Å². The van der Waals surface area contributed by atoms with Gasteiger partial charge in [-0.2, -0.15) is 5.10 Å². The number of nitrogens with one attached hydrogen (secondary N) is 1. The third-order valence-electron chi connectivity index (χ3n) is 5.29. The second-order valence-electron chi connectivity index (χ2n) is 8.62. The molecule has 1 N–H and O–H groups in total. The van der Waals surface area contributed by atoms with Gasteiger partial charge < -0.3 is 0 Å². The van der Waals surface area contributed by atoms with Gasteiger partial charge in [-0.15, -0.1) is 0 Å². The summed E-state index contributed by atoms with van der Waals surface area (Å²) in [6, 6.07) is 15.4. The smallest absolute Gasteiger partial charge is 0.246 e. The molecule has 6 nitrogen and oxygen atoms in total. The van der Waals surface area contributed by atoms with Crippen LogP contribution in [0.2, 0.25) is 5.02 Å². The lowest BCUT2D eigenvalue weighted by Gasteiger charge is -2.20. The fourth-order valence-electron chi connectivity index (χ4n) is 3.79. The van der Waals surface area contributed by atoms with E-state index >= 15 is 0 Å². The molecule has 5 aromatic rings. The highest BCUT2D eigenvalue weighted by atomic mass is 35.5. The lowest BCUT2D eigenvalue weighted by molar-refractivity contribution is 0.535. The SMILES string of the molecule is CC(C)(C)c1nc2nc(-c3ccccc3Cl)c(-c3ccc(F)cc3)cc2c2n[nH]c(=O)n12. The van der Waals surface area contributed by atoms with E-state index in [4.69, 9.17) is 21.6 Å². The van der Waals surface area contributed by atoms with Crippen molar-refractivity contribution in [2.24, 2.45) is 0 Å². The van der Waals surface area contributed by atoms with Gasteiger partial charge in [-0.3, -0.25) is 0 Å². The van der Waals surface area contributed by atoms with Gasteiger partial charge >= 0.3 is 5.69 Å². The van der Waals surface area contributed by atoms with Crippen LogP contribution in [0.25, 0.3) is 39.1 Å². The number of nitrogens with zero attached hydrogens (tertiary/aromatic N) is 4. The van der Waals surface area contributed by atoms with Gasteiger partial charge in [0.15, 0.2) is 11.3 Å². The molecule has 0 bridgehead atoms. The Morgan fingerprint density at radius 3 is 2.41 bits per heavy atom. The van der Waals surface area contributed by atoms with Gasteiger partial charge in [-0.25, -0.2) is 28.7 Å². The van der Waals surface area contributed by atoms with Crippen molar-refractivity contribution in [1.29, 1.82) is 0 Å². The molecule has 0 fully saturated rings. The molecule has 0 aliphatic rings. The lowest BCUT2D eigenvalue weighted by atomic mass is 9.95. The second kappa shape index (κ2) is 7.24. The molecule has 8 heteroatoms. The zero-order valence-corrected chi connectivity index (χ0v) is 18.4. The molecular formula is C24H19ClFN5O. The van der Waals surface area contributed by atoms with E-state index in [1.165, 1.54) is 16.5 Å². The fraction of sp³-hybridized carbons (Fsp3) is 0.167. The topological polar surface area (TPSA) is 75.9 Å². The standard InChI is InChI=1S/C24H19ClFN5O/c1-24(2,3)22-28-20-17(21-29-30-23(32)31(21)22)12-16(13-8-10-14(26)11-9-13)19(27-20)15-6-4-5-7-18(15)25/h4-12H,1-3H3,(H,30,32). The number of hydrogen-bond donors (Lipinski definition) is 1. The first-order valence-corrected chi connectivity index (χ1v) is 10.4. The number of pyridine rings is 1. The number of hydrogen-bond acceptors (Lipinski definition) is 4. The van der Waals surface area contributed by atoms with Crippen LogP contribution in [0.1, 0.15) is 26.6 Å². The first-order valence-electron chi connectivity index (χ1n) is 10.1. The summed E-state index contributed by atoms with van der Waals surface area (Å²) in [4.78, 5) is 22.2. The van der Waals surface area contributed by atoms with Gasteiger partial charge in [0, 0.05) is 21.6 Å². The summed E-state index contributed by atoms with van der Waals surface area (Å²) in [5.41, 5.74) is 2.92. The van der Waals surface area contributed by atoms with E-state index < -0.39 is 5.41 Å². The number of benzene rings is 2. The maximum atomic E-state index is 13.6. The first kappa shape index (κ1) is 20.3. The van der Waals surface area contributed by atoms with Gasteiger partial charge in [0.25, 0.3) is 0 Å². The van der Waals surface area contributed by atoms with Crippen LogP contribution >= 0.6 is 11.6 Å². The normalized spacial score (nSPS) is 12.0. The zero-order valence-electron chi connectivity index (χ0n) is 17.6. The summed E-state index contributed by atoms with van der Waals surface area (Å²) < 4.78 is 15.1. The Morgan fingerprint density at radius 2 is 1.72 bits per heavy atom. The van der Waals surface area contributed by atoms with Crippen molar-refractivity contribution >= 4 is 28.3 Å². The van der Waals surface area contributed by atoms with E-state index in [1.807, 2.05) is 45.0 Å². The van der Waals surface area contributed by atoms with Gasteiger partial charge in [0.1, 0.15) is 11.6 Å². The van der Waals surface area contributed by atoms with E-state index in [1.54, 1.807) is 18.2 Å². The Bertz CT molecular complexity index is 1550. The lowest BCUT2D eigenvalue weighted by Crippen LogP contribution is -2.25. The Morgan fingerprint density at radius 1 is 1.00 bits per heavy atom. The molecule has 0 saturated carbocycles. The number of H-pyrrole nitrogens is 1. The number of rotatable bonds is 2. The minimum absolute atomic E-state index is 0.334. The van der Waals surface area contributed by atoms with Gasteiger partial charge in [0.05, 0.1) is 11.1 Å². The van der Waals surface area contributed by atoms with Crippen LogP contribution in [0.3, 0.4) is 0 Å². The van der Waals surface area contributed by atoms with Gasteiger partial charge in [0.2, 0.25) is 0 Å². The van der Waals surface area contributed by atoms with E-state index in [-0.39, 0.29) is 11.5 Å². The molecule has 0 amide bonds. The van der Waals surface area contributed by atoms with Crippen molar-refractivity contribution in [3.8, 4) is 22.4 Å². The van der Waals surface area contributed by atoms with Crippen molar-refractivity contribution in [1.82, 2.24) is 24.6 Å². The predicted octanol–water partition coefficient (Wildman–Crippen LogP) is 5.39. The average molecular weight is 448 g/mol. The molecule has 0 spiro atoms. The summed E-state index contributed by atoms with van der Waals surface area (Å²) >= 11 is 6.51. The first-order chi connectivity index (χ1) is 15.2. The van der Waals surface area contributed by atoms with Crippen molar-refractivity contribution in [2.45, 2.75) is 26.2 Å². The molecule has 160 valence electrons. The Balaban J connectivity index is 1.94. The fourth-order valence-corrected chi connectivity index (χ4v) is 4.01. The van der Waals surface area contributed by atoms with Crippen molar-refractivity contribution < 1.29 is 4.39 Å². The second-order valence-corrected chi connectivity index (χ2v) is 9.02. The molecule has 3 aromatic heterocycles. The summed E-state index contributed by atoms with van der Waals surface area (Å²) in [6.07, 6.45) is 0. The zero-order chi connectivity index (χ0) is 22.6. The quantitative estimate of drug-likeness (QED) is 0.393. The molecule has 0 radical (unpaired) electrons. The van der Waals surface area contributed by atoms with Gasteiger partial charge in [-0.05, 0) is 29.8 Å². The molecule has 2 aromatic carbocycles. The third kappa shape index (κ3) is 3.26.